The molecule has 26 heavy (non-hydrogen) atoms. The topological polar surface area (TPSA) is 50.7 Å². The van der Waals surface area contributed by atoms with Crippen molar-refractivity contribution in [3.8, 4) is 17.2 Å². The molecule has 2 heterocycles. The van der Waals surface area contributed by atoms with E-state index in [9.17, 15) is 5.11 Å². The fourth-order valence-corrected chi connectivity index (χ4v) is 4.12. The Kier molecular flexibility index (Phi) is 4.60. The maximum Gasteiger partial charge on any atom is 0.127 e. The van der Waals surface area contributed by atoms with Crippen molar-refractivity contribution in [2.75, 3.05) is 19.7 Å². The predicted octanol–water partition coefficient (Wildman–Crippen LogP) is 3.99. The molecule has 4 heteroatoms. The Morgan fingerprint density at radius 1 is 1.23 bits per heavy atom. The number of nitrogens with one attached hydrogen (secondary N) is 1. The fourth-order valence-electron chi connectivity index (χ4n) is 4.12. The molecule has 1 fully saturated rings. The Hall–Kier alpha value is -2.46. The molecular weight excluding hydrogens is 326 g/mol. The van der Waals surface area contributed by atoms with Gasteiger partial charge in [0.25, 0.3) is 0 Å². The summed E-state index contributed by atoms with van der Waals surface area (Å²) in [4.78, 5) is 0. The van der Waals surface area contributed by atoms with Crippen LogP contribution in [0, 0.1) is 0 Å². The van der Waals surface area contributed by atoms with Gasteiger partial charge < -0.3 is 19.9 Å². The first-order valence-corrected chi connectivity index (χ1v) is 9.25. The summed E-state index contributed by atoms with van der Waals surface area (Å²) in [6.45, 7) is 6.11. The number of phenolic OH excluding ortho intramolecular Hbond substituents is 1. The van der Waals surface area contributed by atoms with E-state index >= 15 is 0 Å². The highest BCUT2D eigenvalue weighted by Crippen LogP contribution is 2.48. The Morgan fingerprint density at radius 2 is 2.08 bits per heavy atom. The molecule has 0 amide bonds. The van der Waals surface area contributed by atoms with Crippen LogP contribution in [-0.4, -0.2) is 30.4 Å². The van der Waals surface area contributed by atoms with Gasteiger partial charge in [-0.25, -0.2) is 0 Å². The third kappa shape index (κ3) is 3.29. The van der Waals surface area contributed by atoms with E-state index < -0.39 is 0 Å². The van der Waals surface area contributed by atoms with Crippen LogP contribution < -0.4 is 14.8 Å². The monoisotopic (exact) mass is 351 g/mol. The van der Waals surface area contributed by atoms with Crippen molar-refractivity contribution in [3.63, 3.8) is 0 Å². The van der Waals surface area contributed by atoms with E-state index in [0.717, 1.165) is 55.0 Å². The van der Waals surface area contributed by atoms with Gasteiger partial charge in [0.15, 0.2) is 0 Å². The van der Waals surface area contributed by atoms with E-state index in [1.165, 1.54) is 0 Å². The predicted molar refractivity (Wildman–Crippen MR) is 102 cm³/mol. The maximum atomic E-state index is 9.96. The van der Waals surface area contributed by atoms with Gasteiger partial charge in [-0.3, -0.25) is 0 Å². The lowest BCUT2D eigenvalue weighted by Crippen LogP contribution is -2.49. The number of hydrogen-bond donors (Lipinski definition) is 2. The second-order valence-corrected chi connectivity index (χ2v) is 7.19. The summed E-state index contributed by atoms with van der Waals surface area (Å²) in [5.41, 5.74) is 2.13. The number of benzene rings is 2. The van der Waals surface area contributed by atoms with Crippen LogP contribution in [0.4, 0.5) is 0 Å². The van der Waals surface area contributed by atoms with Crippen LogP contribution in [0.5, 0.6) is 17.2 Å². The molecule has 1 saturated heterocycles. The average molecular weight is 351 g/mol. The zero-order chi connectivity index (χ0) is 18.0. The van der Waals surface area contributed by atoms with Crippen LogP contribution >= 0.6 is 0 Å². The summed E-state index contributed by atoms with van der Waals surface area (Å²) in [7, 11) is 0. The normalized spacial score (nSPS) is 20.8. The molecule has 4 nitrogen and oxygen atoms in total. The van der Waals surface area contributed by atoms with Crippen molar-refractivity contribution in [2.45, 2.75) is 30.8 Å². The van der Waals surface area contributed by atoms with E-state index in [2.05, 4.69) is 24.0 Å². The van der Waals surface area contributed by atoms with Crippen molar-refractivity contribution in [1.29, 1.82) is 0 Å². The molecule has 4 rings (SSSR count). The molecule has 2 aromatic carbocycles. The van der Waals surface area contributed by atoms with Gasteiger partial charge in [0, 0.05) is 17.5 Å². The summed E-state index contributed by atoms with van der Waals surface area (Å²) in [5.74, 6) is 2.20. The highest BCUT2D eigenvalue weighted by atomic mass is 16.5. The molecule has 1 spiro atoms. The van der Waals surface area contributed by atoms with Crippen molar-refractivity contribution in [2.24, 2.45) is 0 Å². The minimum atomic E-state index is -0.161. The molecule has 2 aliphatic rings. The van der Waals surface area contributed by atoms with E-state index in [-0.39, 0.29) is 11.5 Å². The number of rotatable bonds is 4. The number of ether oxygens (including phenoxy) is 2. The van der Waals surface area contributed by atoms with Gasteiger partial charge in [0.1, 0.15) is 29.5 Å². The van der Waals surface area contributed by atoms with Crippen LogP contribution in [0.1, 0.15) is 36.3 Å². The molecule has 1 unspecified atom stereocenters. The van der Waals surface area contributed by atoms with Crippen LogP contribution in [0.25, 0.3) is 0 Å². The van der Waals surface area contributed by atoms with Gasteiger partial charge in [-0.05, 0) is 56.1 Å². The first-order valence-electron chi connectivity index (χ1n) is 9.25. The lowest BCUT2D eigenvalue weighted by atomic mass is 9.75. The number of piperidine rings is 1. The Labute approximate surface area is 154 Å². The Balaban J connectivity index is 1.75. The summed E-state index contributed by atoms with van der Waals surface area (Å²) >= 11 is 0. The van der Waals surface area contributed by atoms with Crippen molar-refractivity contribution in [3.05, 3.63) is 66.2 Å². The van der Waals surface area contributed by atoms with Crippen molar-refractivity contribution < 1.29 is 14.6 Å². The van der Waals surface area contributed by atoms with Gasteiger partial charge in [0.2, 0.25) is 0 Å². The first kappa shape index (κ1) is 17.0. The van der Waals surface area contributed by atoms with Crippen LogP contribution in [-0.2, 0) is 0 Å². The van der Waals surface area contributed by atoms with Gasteiger partial charge in [-0.15, -0.1) is 0 Å². The molecule has 0 aromatic heterocycles. The van der Waals surface area contributed by atoms with Crippen molar-refractivity contribution >= 4 is 0 Å². The number of fused-ring (bicyclic) bond motifs is 1. The highest BCUT2D eigenvalue weighted by Gasteiger charge is 2.42. The molecule has 136 valence electrons. The van der Waals surface area contributed by atoms with Crippen LogP contribution in [0.2, 0.25) is 0 Å². The quantitative estimate of drug-likeness (QED) is 0.818. The first-order chi connectivity index (χ1) is 12.7. The van der Waals surface area contributed by atoms with Gasteiger partial charge >= 0.3 is 0 Å². The van der Waals surface area contributed by atoms with E-state index in [4.69, 9.17) is 9.47 Å². The number of aromatic hydroxyl groups is 1. The smallest absolute Gasteiger partial charge is 0.127 e. The Morgan fingerprint density at radius 3 is 2.85 bits per heavy atom. The minimum Gasteiger partial charge on any atom is -0.508 e. The second-order valence-electron chi connectivity index (χ2n) is 7.19. The zero-order valence-electron chi connectivity index (χ0n) is 14.9. The zero-order valence-corrected chi connectivity index (χ0v) is 14.9. The van der Waals surface area contributed by atoms with Gasteiger partial charge in [-0.1, -0.05) is 30.9 Å². The standard InChI is InChI=1S/C22H25NO3/c1-2-12-25-18-6-7-19-20(16-4-3-5-17(24)13-16)15-22(26-21(19)14-18)8-10-23-11-9-22/h2-7,13-14,20,23-24H,1,8-12,15H2. The molecule has 2 aliphatic heterocycles. The van der Waals surface area contributed by atoms with Crippen LogP contribution in [0.3, 0.4) is 0 Å². The molecule has 1 atom stereocenters. The largest absolute Gasteiger partial charge is 0.508 e. The third-order valence-electron chi connectivity index (χ3n) is 5.42. The average Bonchev–Trinajstić information content (AvgIpc) is 2.66. The lowest BCUT2D eigenvalue weighted by Gasteiger charge is -2.45. The Bertz CT molecular complexity index is 796. The number of hydrogen-bond acceptors (Lipinski definition) is 4. The summed E-state index contributed by atoms with van der Waals surface area (Å²) < 4.78 is 12.3. The molecule has 2 aromatic rings. The SMILES string of the molecule is C=CCOc1ccc2c(c1)OC1(CCNCC1)CC2c1cccc(O)c1. The lowest BCUT2D eigenvalue weighted by molar-refractivity contribution is 0.0112. The van der Waals surface area contributed by atoms with Gasteiger partial charge in [-0.2, -0.15) is 0 Å². The highest BCUT2D eigenvalue weighted by molar-refractivity contribution is 5.49. The maximum absolute atomic E-state index is 9.96. The molecule has 0 radical (unpaired) electrons. The summed E-state index contributed by atoms with van der Waals surface area (Å²) in [5, 5.41) is 13.4. The van der Waals surface area contributed by atoms with E-state index in [1.807, 2.05) is 24.3 Å². The fraction of sp³-hybridized carbons (Fsp3) is 0.364. The number of phenols is 1. The third-order valence-corrected chi connectivity index (χ3v) is 5.42. The minimum absolute atomic E-state index is 0.161. The molecular formula is C22H25NO3. The second kappa shape index (κ2) is 7.04. The van der Waals surface area contributed by atoms with E-state index in [0.29, 0.717) is 12.4 Å². The summed E-state index contributed by atoms with van der Waals surface area (Å²) in [6, 6.07) is 13.7. The summed E-state index contributed by atoms with van der Waals surface area (Å²) in [6.07, 6.45) is 4.64. The molecule has 0 bridgehead atoms. The van der Waals surface area contributed by atoms with Crippen molar-refractivity contribution in [1.82, 2.24) is 5.32 Å². The van der Waals surface area contributed by atoms with E-state index in [1.54, 1.807) is 12.1 Å². The van der Waals surface area contributed by atoms with Gasteiger partial charge in [0.05, 0.1) is 0 Å². The molecule has 0 saturated carbocycles. The molecule has 0 aliphatic carbocycles. The van der Waals surface area contributed by atoms with Crippen LogP contribution in [0.15, 0.2) is 55.1 Å². The molecule has 2 N–H and O–H groups in total.